The maximum absolute atomic E-state index is 11.8. The Balaban J connectivity index is 2.29. The van der Waals surface area contributed by atoms with Gasteiger partial charge in [0.2, 0.25) is 10.0 Å². The number of ether oxygens (including phenoxy) is 1. The lowest BCUT2D eigenvalue weighted by Gasteiger charge is -2.47. The Kier molecular flexibility index (Phi) is 3.45. The van der Waals surface area contributed by atoms with Crippen molar-refractivity contribution in [2.45, 2.75) is 44.2 Å². The standard InChI is InChI=1S/C11H19NO4S/c1-16-11(13)9-7-6-8-4-3-5-10(9)12(8)17(2,14)15/h8-10H,3-7H2,1-2H3/t8-,9+,10+/m1/s1. The normalized spacial score (nSPS) is 34.4. The van der Waals surface area contributed by atoms with E-state index < -0.39 is 10.0 Å². The van der Waals surface area contributed by atoms with Crippen LogP contribution in [0.5, 0.6) is 0 Å². The Morgan fingerprint density at radius 1 is 1.24 bits per heavy atom. The van der Waals surface area contributed by atoms with Gasteiger partial charge >= 0.3 is 5.97 Å². The van der Waals surface area contributed by atoms with E-state index in [1.165, 1.54) is 13.4 Å². The first-order valence-corrected chi connectivity index (χ1v) is 7.86. The largest absolute Gasteiger partial charge is 0.469 e. The van der Waals surface area contributed by atoms with Crippen LogP contribution in [0.2, 0.25) is 0 Å². The monoisotopic (exact) mass is 261 g/mol. The molecule has 0 amide bonds. The molecular weight excluding hydrogens is 242 g/mol. The van der Waals surface area contributed by atoms with Crippen LogP contribution in [0.3, 0.4) is 0 Å². The summed E-state index contributed by atoms with van der Waals surface area (Å²) in [6.07, 6.45) is 5.42. The molecule has 2 bridgehead atoms. The summed E-state index contributed by atoms with van der Waals surface area (Å²) in [5.41, 5.74) is 0. The number of hydrogen-bond donors (Lipinski definition) is 0. The van der Waals surface area contributed by atoms with E-state index in [9.17, 15) is 13.2 Å². The van der Waals surface area contributed by atoms with Crippen LogP contribution in [0.4, 0.5) is 0 Å². The number of rotatable bonds is 2. The summed E-state index contributed by atoms with van der Waals surface area (Å²) in [6.45, 7) is 0. The predicted molar refractivity (Wildman–Crippen MR) is 62.8 cm³/mol. The van der Waals surface area contributed by atoms with Gasteiger partial charge in [-0.05, 0) is 25.7 Å². The Morgan fingerprint density at radius 3 is 2.53 bits per heavy atom. The van der Waals surface area contributed by atoms with E-state index in [4.69, 9.17) is 4.74 Å². The number of piperidine rings is 2. The molecule has 0 aromatic heterocycles. The molecule has 3 atom stereocenters. The van der Waals surface area contributed by atoms with Crippen LogP contribution in [-0.4, -0.2) is 44.1 Å². The van der Waals surface area contributed by atoms with Crippen LogP contribution in [-0.2, 0) is 19.6 Å². The molecule has 0 unspecified atom stereocenters. The van der Waals surface area contributed by atoms with Crippen molar-refractivity contribution in [1.29, 1.82) is 0 Å². The zero-order chi connectivity index (χ0) is 12.6. The molecule has 98 valence electrons. The van der Waals surface area contributed by atoms with Crippen molar-refractivity contribution in [1.82, 2.24) is 4.31 Å². The highest BCUT2D eigenvalue weighted by Gasteiger charge is 2.47. The van der Waals surface area contributed by atoms with Crippen LogP contribution in [0.1, 0.15) is 32.1 Å². The first-order chi connectivity index (χ1) is 7.95. The molecule has 2 fully saturated rings. The van der Waals surface area contributed by atoms with Gasteiger partial charge in [0.15, 0.2) is 0 Å². The molecule has 2 aliphatic rings. The number of esters is 1. The minimum atomic E-state index is -3.23. The van der Waals surface area contributed by atoms with E-state index in [2.05, 4.69) is 0 Å². The number of sulfonamides is 1. The highest BCUT2D eigenvalue weighted by Crippen LogP contribution is 2.39. The quantitative estimate of drug-likeness (QED) is 0.688. The van der Waals surface area contributed by atoms with E-state index in [1.807, 2.05) is 0 Å². The van der Waals surface area contributed by atoms with Crippen LogP contribution in [0, 0.1) is 5.92 Å². The summed E-state index contributed by atoms with van der Waals surface area (Å²) in [6, 6.07) is -0.102. The number of nitrogens with zero attached hydrogens (tertiary/aromatic N) is 1. The van der Waals surface area contributed by atoms with Crippen LogP contribution >= 0.6 is 0 Å². The van der Waals surface area contributed by atoms with Gasteiger partial charge in [-0.3, -0.25) is 4.79 Å². The number of carbonyl (C=O) groups is 1. The summed E-state index contributed by atoms with van der Waals surface area (Å²) >= 11 is 0. The van der Waals surface area contributed by atoms with E-state index in [0.717, 1.165) is 32.1 Å². The number of fused-ring (bicyclic) bond motifs is 2. The summed E-state index contributed by atoms with van der Waals surface area (Å²) < 4.78 is 30.0. The Morgan fingerprint density at radius 2 is 1.94 bits per heavy atom. The van der Waals surface area contributed by atoms with Gasteiger partial charge in [0.05, 0.1) is 19.3 Å². The maximum Gasteiger partial charge on any atom is 0.310 e. The Labute approximate surface area is 102 Å². The predicted octanol–water partition coefficient (Wildman–Crippen LogP) is 0.752. The molecule has 2 saturated heterocycles. The van der Waals surface area contributed by atoms with Gasteiger partial charge in [0, 0.05) is 12.1 Å². The molecule has 0 aromatic carbocycles. The zero-order valence-corrected chi connectivity index (χ0v) is 11.1. The second-order valence-corrected chi connectivity index (χ2v) is 6.84. The second-order valence-electron chi connectivity index (χ2n) is 4.95. The molecule has 5 nitrogen and oxygen atoms in total. The molecule has 17 heavy (non-hydrogen) atoms. The fourth-order valence-corrected chi connectivity index (χ4v) is 4.74. The third-order valence-corrected chi connectivity index (χ3v) is 5.22. The highest BCUT2D eigenvalue weighted by atomic mass is 32.2. The molecule has 0 N–H and O–H groups in total. The lowest BCUT2D eigenvalue weighted by atomic mass is 9.79. The number of methoxy groups -OCH3 is 1. The first kappa shape index (κ1) is 12.8. The van der Waals surface area contributed by atoms with Crippen molar-refractivity contribution >= 4 is 16.0 Å². The SMILES string of the molecule is COC(=O)[C@H]1CC[C@H]2CCC[C@@H]1N2S(C)(=O)=O. The molecule has 0 aromatic rings. The Hall–Kier alpha value is -0.620. The maximum atomic E-state index is 11.8. The van der Waals surface area contributed by atoms with Gasteiger partial charge in [0.25, 0.3) is 0 Å². The summed E-state index contributed by atoms with van der Waals surface area (Å²) in [7, 11) is -1.87. The summed E-state index contributed by atoms with van der Waals surface area (Å²) in [5.74, 6) is -0.560. The van der Waals surface area contributed by atoms with Gasteiger partial charge in [-0.25, -0.2) is 8.42 Å². The molecule has 0 radical (unpaired) electrons. The average Bonchev–Trinajstić information content (AvgIpc) is 2.26. The van der Waals surface area contributed by atoms with Gasteiger partial charge in [-0.2, -0.15) is 4.31 Å². The van der Waals surface area contributed by atoms with E-state index in [-0.39, 0.29) is 24.0 Å². The molecular formula is C11H19NO4S. The van der Waals surface area contributed by atoms with Crippen LogP contribution < -0.4 is 0 Å². The summed E-state index contributed by atoms with van der Waals surface area (Å²) in [4.78, 5) is 11.7. The summed E-state index contributed by atoms with van der Waals surface area (Å²) in [5, 5.41) is 0. The van der Waals surface area contributed by atoms with Gasteiger partial charge in [-0.15, -0.1) is 0 Å². The molecule has 2 heterocycles. The van der Waals surface area contributed by atoms with Crippen molar-refractivity contribution in [3.63, 3.8) is 0 Å². The van der Waals surface area contributed by atoms with E-state index in [0.29, 0.717) is 0 Å². The third kappa shape index (κ3) is 2.33. The lowest BCUT2D eigenvalue weighted by molar-refractivity contribution is -0.150. The molecule has 0 aliphatic carbocycles. The van der Waals surface area contributed by atoms with E-state index in [1.54, 1.807) is 4.31 Å². The van der Waals surface area contributed by atoms with Crippen molar-refractivity contribution in [2.24, 2.45) is 5.92 Å². The molecule has 2 aliphatic heterocycles. The molecule has 0 spiro atoms. The molecule has 0 saturated carbocycles. The van der Waals surface area contributed by atoms with Crippen LogP contribution in [0.25, 0.3) is 0 Å². The number of carbonyl (C=O) groups excluding carboxylic acids is 1. The lowest BCUT2D eigenvalue weighted by Crippen LogP contribution is -2.57. The van der Waals surface area contributed by atoms with E-state index >= 15 is 0 Å². The molecule has 6 heteroatoms. The van der Waals surface area contributed by atoms with Crippen molar-refractivity contribution in [3.05, 3.63) is 0 Å². The minimum absolute atomic E-state index is 0.0876. The fraction of sp³-hybridized carbons (Fsp3) is 0.909. The fourth-order valence-electron chi connectivity index (χ4n) is 3.25. The topological polar surface area (TPSA) is 63.7 Å². The third-order valence-electron chi connectivity index (χ3n) is 3.89. The number of hydrogen-bond acceptors (Lipinski definition) is 4. The van der Waals surface area contributed by atoms with Gasteiger partial charge in [0.1, 0.15) is 0 Å². The van der Waals surface area contributed by atoms with Crippen molar-refractivity contribution < 1.29 is 17.9 Å². The highest BCUT2D eigenvalue weighted by molar-refractivity contribution is 7.88. The van der Waals surface area contributed by atoms with Crippen molar-refractivity contribution in [3.8, 4) is 0 Å². The Bertz CT molecular complexity index is 406. The minimum Gasteiger partial charge on any atom is -0.469 e. The molecule has 2 rings (SSSR count). The van der Waals surface area contributed by atoms with Gasteiger partial charge < -0.3 is 4.74 Å². The smallest absolute Gasteiger partial charge is 0.310 e. The second kappa shape index (κ2) is 4.57. The zero-order valence-electron chi connectivity index (χ0n) is 10.3. The van der Waals surface area contributed by atoms with Crippen molar-refractivity contribution in [2.75, 3.05) is 13.4 Å². The van der Waals surface area contributed by atoms with Gasteiger partial charge in [-0.1, -0.05) is 6.42 Å². The van der Waals surface area contributed by atoms with Crippen LogP contribution in [0.15, 0.2) is 0 Å². The first-order valence-electron chi connectivity index (χ1n) is 6.01. The average molecular weight is 261 g/mol.